The molecule has 1 heterocycles. The van der Waals surface area contributed by atoms with Gasteiger partial charge in [0.05, 0.1) is 5.56 Å². The van der Waals surface area contributed by atoms with Crippen molar-refractivity contribution in [3.05, 3.63) is 35.5 Å². The summed E-state index contributed by atoms with van der Waals surface area (Å²) in [6.45, 7) is 0. The molecule has 0 radical (unpaired) electrons. The molecule has 66 valence electrons. The van der Waals surface area contributed by atoms with Gasteiger partial charge in [-0.25, -0.2) is 0 Å². The fourth-order valence-electron chi connectivity index (χ4n) is 1.15. The predicted molar refractivity (Wildman–Crippen MR) is 51.4 cm³/mol. The maximum atomic E-state index is 5.79. The summed E-state index contributed by atoms with van der Waals surface area (Å²) in [4.78, 5) is 0. The Kier molecular flexibility index (Phi) is 1.94. The standard InChI is InChI=1S/C9H7ClN2O/c10-8-7(9(11)13-12-8)6-4-2-1-3-5-6/h1-5H,11H2. The third-order valence-corrected chi connectivity index (χ3v) is 2.00. The molecule has 1 aromatic carbocycles. The van der Waals surface area contributed by atoms with Crippen LogP contribution in [0.2, 0.25) is 5.15 Å². The van der Waals surface area contributed by atoms with Crippen LogP contribution in [0, 0.1) is 0 Å². The summed E-state index contributed by atoms with van der Waals surface area (Å²) in [5, 5.41) is 3.85. The first kappa shape index (κ1) is 8.13. The first-order valence-corrected chi connectivity index (χ1v) is 4.13. The van der Waals surface area contributed by atoms with Gasteiger partial charge in [0.25, 0.3) is 0 Å². The fourth-order valence-corrected chi connectivity index (χ4v) is 1.39. The second kappa shape index (κ2) is 3.11. The van der Waals surface area contributed by atoms with E-state index in [-0.39, 0.29) is 5.88 Å². The zero-order valence-corrected chi connectivity index (χ0v) is 7.45. The van der Waals surface area contributed by atoms with Crippen molar-refractivity contribution in [2.45, 2.75) is 0 Å². The van der Waals surface area contributed by atoms with Crippen LogP contribution < -0.4 is 5.73 Å². The molecule has 4 heteroatoms. The third kappa shape index (κ3) is 1.38. The normalized spacial score (nSPS) is 10.2. The smallest absolute Gasteiger partial charge is 0.231 e. The molecule has 1 aromatic heterocycles. The number of nitrogens with two attached hydrogens (primary N) is 1. The van der Waals surface area contributed by atoms with Crippen molar-refractivity contribution in [3.8, 4) is 11.1 Å². The Balaban J connectivity index is 2.59. The Hall–Kier alpha value is -1.48. The van der Waals surface area contributed by atoms with Crippen molar-refractivity contribution in [2.24, 2.45) is 0 Å². The molecule has 0 saturated heterocycles. The van der Waals surface area contributed by atoms with Crippen molar-refractivity contribution in [1.29, 1.82) is 0 Å². The van der Waals surface area contributed by atoms with Gasteiger partial charge in [0.1, 0.15) is 0 Å². The molecule has 0 saturated carbocycles. The van der Waals surface area contributed by atoms with Crippen LogP contribution in [0.1, 0.15) is 0 Å². The van der Waals surface area contributed by atoms with Crippen molar-refractivity contribution in [1.82, 2.24) is 5.16 Å². The van der Waals surface area contributed by atoms with E-state index in [1.807, 2.05) is 30.3 Å². The second-order valence-electron chi connectivity index (χ2n) is 2.58. The average molecular weight is 195 g/mol. The van der Waals surface area contributed by atoms with E-state index in [2.05, 4.69) is 5.16 Å². The fraction of sp³-hybridized carbons (Fsp3) is 0. The molecule has 0 fully saturated rings. The molecule has 2 N–H and O–H groups in total. The average Bonchev–Trinajstić information content (AvgIpc) is 2.48. The Bertz CT molecular complexity index is 391. The van der Waals surface area contributed by atoms with Crippen LogP contribution in [-0.4, -0.2) is 5.16 Å². The Labute approximate surface area is 80.1 Å². The van der Waals surface area contributed by atoms with Crippen molar-refractivity contribution in [2.75, 3.05) is 5.73 Å². The number of nitrogen functional groups attached to an aromatic ring is 1. The zero-order valence-electron chi connectivity index (χ0n) is 6.70. The number of rotatable bonds is 1. The quantitative estimate of drug-likeness (QED) is 0.759. The summed E-state index contributed by atoms with van der Waals surface area (Å²) < 4.78 is 4.75. The first-order chi connectivity index (χ1) is 6.29. The number of nitrogens with zero attached hydrogens (tertiary/aromatic N) is 1. The summed E-state index contributed by atoms with van der Waals surface area (Å²) >= 11 is 5.79. The highest BCUT2D eigenvalue weighted by Crippen LogP contribution is 2.32. The minimum Gasteiger partial charge on any atom is -0.367 e. The zero-order chi connectivity index (χ0) is 9.26. The molecule has 13 heavy (non-hydrogen) atoms. The van der Waals surface area contributed by atoms with Gasteiger partial charge in [-0.1, -0.05) is 47.1 Å². The molecule has 0 unspecified atom stereocenters. The maximum absolute atomic E-state index is 5.79. The van der Waals surface area contributed by atoms with Crippen LogP contribution >= 0.6 is 11.6 Å². The lowest BCUT2D eigenvalue weighted by Crippen LogP contribution is -1.84. The highest BCUT2D eigenvalue weighted by molar-refractivity contribution is 6.32. The second-order valence-corrected chi connectivity index (χ2v) is 2.94. The van der Waals surface area contributed by atoms with Crippen LogP contribution in [0.3, 0.4) is 0 Å². The Morgan fingerprint density at radius 3 is 2.46 bits per heavy atom. The minimum absolute atomic E-state index is 0.246. The van der Waals surface area contributed by atoms with E-state index in [1.54, 1.807) is 0 Å². The SMILES string of the molecule is Nc1onc(Cl)c1-c1ccccc1. The first-order valence-electron chi connectivity index (χ1n) is 3.75. The summed E-state index contributed by atoms with van der Waals surface area (Å²) in [6, 6.07) is 9.51. The molecule has 0 aliphatic heterocycles. The van der Waals surface area contributed by atoms with Crippen molar-refractivity contribution < 1.29 is 4.52 Å². The lowest BCUT2D eigenvalue weighted by Gasteiger charge is -1.96. The van der Waals surface area contributed by atoms with E-state index in [1.165, 1.54) is 0 Å². The van der Waals surface area contributed by atoms with Gasteiger partial charge < -0.3 is 10.3 Å². The number of halogens is 1. The van der Waals surface area contributed by atoms with Gasteiger partial charge in [-0.2, -0.15) is 0 Å². The number of hydrogen-bond acceptors (Lipinski definition) is 3. The molecular formula is C9H7ClN2O. The van der Waals surface area contributed by atoms with E-state index >= 15 is 0 Å². The van der Waals surface area contributed by atoms with E-state index in [4.69, 9.17) is 21.9 Å². The van der Waals surface area contributed by atoms with Crippen LogP contribution in [0.15, 0.2) is 34.9 Å². The van der Waals surface area contributed by atoms with Crippen molar-refractivity contribution in [3.63, 3.8) is 0 Å². The summed E-state index contributed by atoms with van der Waals surface area (Å²) in [5.41, 5.74) is 7.12. The summed E-state index contributed by atoms with van der Waals surface area (Å²) in [6.07, 6.45) is 0. The van der Waals surface area contributed by atoms with E-state index in [0.717, 1.165) is 5.56 Å². The van der Waals surface area contributed by atoms with E-state index in [0.29, 0.717) is 10.7 Å². The highest BCUT2D eigenvalue weighted by atomic mass is 35.5. The molecule has 0 spiro atoms. The Morgan fingerprint density at radius 2 is 1.92 bits per heavy atom. The minimum atomic E-state index is 0.246. The molecule has 0 aliphatic rings. The molecule has 0 atom stereocenters. The van der Waals surface area contributed by atoms with Crippen LogP contribution in [-0.2, 0) is 0 Å². The van der Waals surface area contributed by atoms with Gasteiger partial charge >= 0.3 is 0 Å². The molecule has 0 aliphatic carbocycles. The highest BCUT2D eigenvalue weighted by Gasteiger charge is 2.12. The van der Waals surface area contributed by atoms with Gasteiger partial charge in [-0.05, 0) is 5.56 Å². The molecule has 0 bridgehead atoms. The molecule has 2 rings (SSSR count). The third-order valence-electron chi connectivity index (χ3n) is 1.74. The van der Waals surface area contributed by atoms with Gasteiger partial charge in [0.15, 0.2) is 5.15 Å². The number of aromatic nitrogens is 1. The summed E-state index contributed by atoms with van der Waals surface area (Å²) in [7, 11) is 0. The molecule has 3 nitrogen and oxygen atoms in total. The van der Waals surface area contributed by atoms with Crippen LogP contribution in [0.5, 0.6) is 0 Å². The summed E-state index contributed by atoms with van der Waals surface area (Å²) in [5.74, 6) is 0.246. The van der Waals surface area contributed by atoms with Crippen LogP contribution in [0.25, 0.3) is 11.1 Å². The number of hydrogen-bond donors (Lipinski definition) is 1. The topological polar surface area (TPSA) is 52.0 Å². The maximum Gasteiger partial charge on any atom is 0.231 e. The molecule has 0 amide bonds. The number of benzene rings is 1. The van der Waals surface area contributed by atoms with Gasteiger partial charge in [0, 0.05) is 0 Å². The van der Waals surface area contributed by atoms with Crippen LogP contribution in [0.4, 0.5) is 5.88 Å². The van der Waals surface area contributed by atoms with E-state index in [9.17, 15) is 0 Å². The molecular weight excluding hydrogens is 188 g/mol. The lowest BCUT2D eigenvalue weighted by molar-refractivity contribution is 0.437. The predicted octanol–water partition coefficient (Wildman–Crippen LogP) is 2.58. The Morgan fingerprint density at radius 1 is 1.23 bits per heavy atom. The van der Waals surface area contributed by atoms with E-state index < -0.39 is 0 Å². The van der Waals surface area contributed by atoms with Gasteiger partial charge in [-0.15, -0.1) is 0 Å². The molecule has 2 aromatic rings. The monoisotopic (exact) mass is 194 g/mol. The lowest BCUT2D eigenvalue weighted by atomic mass is 10.1. The van der Waals surface area contributed by atoms with Crippen molar-refractivity contribution >= 4 is 17.5 Å². The van der Waals surface area contributed by atoms with Gasteiger partial charge in [-0.3, -0.25) is 0 Å². The number of anilines is 1. The largest absolute Gasteiger partial charge is 0.367 e. The van der Waals surface area contributed by atoms with Gasteiger partial charge in [0.2, 0.25) is 5.88 Å².